The Balaban J connectivity index is 2.68. The second-order valence-electron chi connectivity index (χ2n) is 3.57. The highest BCUT2D eigenvalue weighted by Crippen LogP contribution is 2.22. The van der Waals surface area contributed by atoms with Gasteiger partial charge in [-0.3, -0.25) is 0 Å². The van der Waals surface area contributed by atoms with Gasteiger partial charge in [-0.2, -0.15) is 0 Å². The maximum absolute atomic E-state index is 13.0. The van der Waals surface area contributed by atoms with Crippen molar-refractivity contribution in [2.24, 2.45) is 0 Å². The molecule has 6 nitrogen and oxygen atoms in total. The van der Waals surface area contributed by atoms with Crippen LogP contribution in [0.15, 0.2) is 18.2 Å². The number of urea groups is 1. The lowest BCUT2D eigenvalue weighted by Gasteiger charge is -2.14. The predicted octanol–water partition coefficient (Wildman–Crippen LogP) is 1.70. The van der Waals surface area contributed by atoms with Gasteiger partial charge in [0.05, 0.1) is 17.3 Å². The van der Waals surface area contributed by atoms with Crippen molar-refractivity contribution in [3.05, 3.63) is 29.0 Å². The van der Waals surface area contributed by atoms with Crippen molar-refractivity contribution in [2.75, 3.05) is 19.0 Å². The average Bonchev–Trinajstić information content (AvgIpc) is 2.33. The monoisotopic (exact) mass is 290 g/mol. The van der Waals surface area contributed by atoms with Gasteiger partial charge in [-0.25, -0.2) is 14.0 Å². The molecule has 0 heterocycles. The number of nitrogens with one attached hydrogen (secondary N) is 2. The fourth-order valence-electron chi connectivity index (χ4n) is 1.25. The normalized spacial score (nSPS) is 11.7. The van der Waals surface area contributed by atoms with E-state index in [0.717, 1.165) is 12.1 Å². The summed E-state index contributed by atoms with van der Waals surface area (Å²) in [5.41, 5.74) is 0.0423. The fourth-order valence-corrected chi connectivity index (χ4v) is 1.42. The van der Waals surface area contributed by atoms with Gasteiger partial charge in [0.25, 0.3) is 0 Å². The summed E-state index contributed by atoms with van der Waals surface area (Å²) in [4.78, 5) is 22.3. The molecule has 0 fully saturated rings. The van der Waals surface area contributed by atoms with E-state index in [1.165, 1.54) is 13.2 Å². The molecule has 8 heteroatoms. The highest BCUT2D eigenvalue weighted by Gasteiger charge is 2.20. The Morgan fingerprint density at radius 1 is 1.53 bits per heavy atom. The SMILES string of the molecule is COCC(NC(=O)Nc1cc(F)ccc1Cl)C(=O)O. The van der Waals surface area contributed by atoms with Crippen molar-refractivity contribution >= 4 is 29.3 Å². The van der Waals surface area contributed by atoms with Crippen LogP contribution in [-0.4, -0.2) is 36.9 Å². The molecule has 0 aliphatic heterocycles. The minimum absolute atomic E-state index is 0.0423. The number of rotatable bonds is 5. The van der Waals surface area contributed by atoms with Crippen molar-refractivity contribution in [1.82, 2.24) is 5.32 Å². The first-order valence-electron chi connectivity index (χ1n) is 5.18. The third-order valence-electron chi connectivity index (χ3n) is 2.11. The maximum Gasteiger partial charge on any atom is 0.328 e. The average molecular weight is 291 g/mol. The molecule has 0 aromatic heterocycles. The minimum atomic E-state index is -1.25. The zero-order valence-corrected chi connectivity index (χ0v) is 10.7. The van der Waals surface area contributed by atoms with Gasteiger partial charge in [-0.15, -0.1) is 0 Å². The molecule has 0 bridgehead atoms. The molecule has 0 aliphatic rings. The van der Waals surface area contributed by atoms with Crippen LogP contribution >= 0.6 is 11.6 Å². The molecule has 0 aliphatic carbocycles. The molecule has 19 heavy (non-hydrogen) atoms. The summed E-state index contributed by atoms with van der Waals surface area (Å²) in [6.45, 7) is -0.195. The Labute approximate surface area is 113 Å². The number of ether oxygens (including phenoxy) is 1. The van der Waals surface area contributed by atoms with Gasteiger partial charge in [0.2, 0.25) is 0 Å². The molecule has 0 radical (unpaired) electrons. The van der Waals surface area contributed by atoms with Crippen LogP contribution in [0, 0.1) is 5.82 Å². The summed E-state index contributed by atoms with van der Waals surface area (Å²) in [6.07, 6.45) is 0. The van der Waals surface area contributed by atoms with E-state index < -0.39 is 23.9 Å². The topological polar surface area (TPSA) is 87.7 Å². The number of halogens is 2. The zero-order chi connectivity index (χ0) is 14.4. The fraction of sp³-hybridized carbons (Fsp3) is 0.273. The van der Waals surface area contributed by atoms with Crippen LogP contribution in [0.3, 0.4) is 0 Å². The quantitative estimate of drug-likeness (QED) is 0.770. The minimum Gasteiger partial charge on any atom is -0.480 e. The summed E-state index contributed by atoms with van der Waals surface area (Å²) in [6, 6.07) is 1.40. The maximum atomic E-state index is 13.0. The molecular formula is C11H12ClFN2O4. The van der Waals surface area contributed by atoms with Crippen LogP contribution in [0.25, 0.3) is 0 Å². The zero-order valence-electron chi connectivity index (χ0n) is 9.94. The van der Waals surface area contributed by atoms with Gasteiger partial charge in [-0.1, -0.05) is 11.6 Å². The molecule has 3 N–H and O–H groups in total. The molecule has 1 aromatic rings. The van der Waals surface area contributed by atoms with Crippen molar-refractivity contribution in [2.45, 2.75) is 6.04 Å². The Kier molecular flexibility index (Phi) is 5.53. The largest absolute Gasteiger partial charge is 0.480 e. The molecule has 1 atom stereocenters. The first-order valence-corrected chi connectivity index (χ1v) is 5.56. The molecule has 0 saturated carbocycles. The number of hydrogen-bond donors (Lipinski definition) is 3. The Morgan fingerprint density at radius 3 is 2.79 bits per heavy atom. The van der Waals surface area contributed by atoms with E-state index in [-0.39, 0.29) is 17.3 Å². The van der Waals surface area contributed by atoms with Gasteiger partial charge in [0.15, 0.2) is 6.04 Å². The summed E-state index contributed by atoms with van der Waals surface area (Å²) in [7, 11) is 1.30. The number of carbonyl (C=O) groups is 2. The highest BCUT2D eigenvalue weighted by molar-refractivity contribution is 6.33. The summed E-state index contributed by atoms with van der Waals surface area (Å²) >= 11 is 5.75. The van der Waals surface area contributed by atoms with E-state index in [4.69, 9.17) is 16.7 Å². The number of carboxylic acids is 1. The van der Waals surface area contributed by atoms with Crippen LogP contribution in [0.1, 0.15) is 0 Å². The smallest absolute Gasteiger partial charge is 0.328 e. The number of hydrogen-bond acceptors (Lipinski definition) is 3. The second kappa shape index (κ2) is 6.91. The van der Waals surface area contributed by atoms with Crippen molar-refractivity contribution in [1.29, 1.82) is 0 Å². The molecule has 0 spiro atoms. The van der Waals surface area contributed by atoms with Crippen molar-refractivity contribution < 1.29 is 23.8 Å². The molecule has 0 saturated heterocycles. The van der Waals surface area contributed by atoms with Crippen LogP contribution in [0.5, 0.6) is 0 Å². The van der Waals surface area contributed by atoms with Crippen LogP contribution in [0.4, 0.5) is 14.9 Å². The molecule has 1 unspecified atom stereocenters. The number of carboxylic acid groups (broad SMARTS) is 1. The summed E-state index contributed by atoms with van der Waals surface area (Å²) in [5.74, 6) is -1.83. The van der Waals surface area contributed by atoms with E-state index in [0.29, 0.717) is 0 Å². The first kappa shape index (κ1) is 15.2. The number of carbonyl (C=O) groups excluding carboxylic acids is 1. The third-order valence-corrected chi connectivity index (χ3v) is 2.44. The highest BCUT2D eigenvalue weighted by atomic mass is 35.5. The van der Waals surface area contributed by atoms with E-state index in [2.05, 4.69) is 15.4 Å². The number of benzene rings is 1. The first-order chi connectivity index (χ1) is 8.93. The van der Waals surface area contributed by atoms with Gasteiger partial charge in [0.1, 0.15) is 5.82 Å². The lowest BCUT2D eigenvalue weighted by atomic mass is 10.3. The van der Waals surface area contributed by atoms with Gasteiger partial charge in [-0.05, 0) is 18.2 Å². The molecule has 2 amide bonds. The van der Waals surface area contributed by atoms with Crippen LogP contribution in [0.2, 0.25) is 5.02 Å². The summed E-state index contributed by atoms with van der Waals surface area (Å²) < 4.78 is 17.6. The lowest BCUT2D eigenvalue weighted by Crippen LogP contribution is -2.45. The van der Waals surface area contributed by atoms with Gasteiger partial charge < -0.3 is 20.5 Å². The van der Waals surface area contributed by atoms with Crippen LogP contribution < -0.4 is 10.6 Å². The Morgan fingerprint density at radius 2 is 2.21 bits per heavy atom. The third kappa shape index (κ3) is 4.72. The van der Waals surface area contributed by atoms with Crippen molar-refractivity contribution in [3.63, 3.8) is 0 Å². The number of amides is 2. The van der Waals surface area contributed by atoms with Crippen molar-refractivity contribution in [3.8, 4) is 0 Å². The molecule has 1 rings (SSSR count). The Bertz CT molecular complexity index is 484. The van der Waals surface area contributed by atoms with E-state index in [1.807, 2.05) is 0 Å². The van der Waals surface area contributed by atoms with E-state index >= 15 is 0 Å². The standard InChI is InChI=1S/C11H12ClFN2O4/c1-19-5-9(10(16)17)15-11(18)14-8-4-6(13)2-3-7(8)12/h2-4,9H,5H2,1H3,(H,16,17)(H2,14,15,18). The molecule has 104 valence electrons. The van der Waals surface area contributed by atoms with Crippen LogP contribution in [-0.2, 0) is 9.53 Å². The molecule has 1 aromatic carbocycles. The lowest BCUT2D eigenvalue weighted by molar-refractivity contribution is -0.140. The van der Waals surface area contributed by atoms with Gasteiger partial charge in [0, 0.05) is 7.11 Å². The predicted molar refractivity (Wildman–Crippen MR) is 66.9 cm³/mol. The number of aliphatic carboxylic acids is 1. The summed E-state index contributed by atoms with van der Waals surface area (Å²) in [5, 5.41) is 13.4. The second-order valence-corrected chi connectivity index (χ2v) is 3.98. The van der Waals surface area contributed by atoms with E-state index in [1.54, 1.807) is 0 Å². The van der Waals surface area contributed by atoms with E-state index in [9.17, 15) is 14.0 Å². The number of anilines is 1. The van der Waals surface area contributed by atoms with Gasteiger partial charge >= 0.3 is 12.0 Å². The Hall–Kier alpha value is -1.86. The molecular weight excluding hydrogens is 279 g/mol. The number of methoxy groups -OCH3 is 1.